The van der Waals surface area contributed by atoms with Crippen LogP contribution in [-0.2, 0) is 0 Å². The van der Waals surface area contributed by atoms with Crippen molar-refractivity contribution in [1.82, 2.24) is 20.1 Å². The van der Waals surface area contributed by atoms with Crippen molar-refractivity contribution < 1.29 is 4.79 Å². The van der Waals surface area contributed by atoms with Crippen molar-refractivity contribution in [3.8, 4) is 0 Å². The number of nitrogens with one attached hydrogen (secondary N) is 1. The van der Waals surface area contributed by atoms with Gasteiger partial charge in [-0.25, -0.2) is 0 Å². The van der Waals surface area contributed by atoms with Crippen LogP contribution in [0.2, 0.25) is 0 Å². The number of hydrogen-bond donors (Lipinski definition) is 1. The predicted octanol–water partition coefficient (Wildman–Crippen LogP) is 2.47. The summed E-state index contributed by atoms with van der Waals surface area (Å²) in [5, 5.41) is 3.30. The van der Waals surface area contributed by atoms with Crippen molar-refractivity contribution in [1.29, 1.82) is 0 Å². The van der Waals surface area contributed by atoms with Gasteiger partial charge in [0.05, 0.1) is 5.69 Å². The second kappa shape index (κ2) is 9.09. The quantitative estimate of drug-likeness (QED) is 0.821. The zero-order valence-electron chi connectivity index (χ0n) is 15.7. The summed E-state index contributed by atoms with van der Waals surface area (Å²) >= 11 is 0. The van der Waals surface area contributed by atoms with Crippen LogP contribution < -0.4 is 5.32 Å². The Bertz CT molecular complexity index is 802. The average molecular weight is 363 g/mol. The number of carbonyl (C=O) groups excluding carboxylic acids is 1. The van der Waals surface area contributed by atoms with Crippen LogP contribution in [0.3, 0.4) is 0 Å². The molecule has 0 radical (unpaired) electrons. The van der Waals surface area contributed by atoms with Gasteiger partial charge in [-0.1, -0.05) is 24.3 Å². The highest BCUT2D eigenvalue weighted by Gasteiger charge is 2.24. The van der Waals surface area contributed by atoms with Gasteiger partial charge in [-0.3, -0.25) is 14.8 Å². The summed E-state index contributed by atoms with van der Waals surface area (Å²) < 4.78 is 0. The third-order valence-electron chi connectivity index (χ3n) is 4.29. The summed E-state index contributed by atoms with van der Waals surface area (Å²) in [6.45, 7) is 1.56. The maximum atomic E-state index is 13.0. The number of hydrogen-bond acceptors (Lipinski definition) is 5. The Morgan fingerprint density at radius 1 is 1.07 bits per heavy atom. The van der Waals surface area contributed by atoms with E-state index in [2.05, 4.69) is 20.2 Å². The largest absolute Gasteiger partial charge is 0.365 e. The van der Waals surface area contributed by atoms with E-state index in [1.54, 1.807) is 12.4 Å². The van der Waals surface area contributed by atoms with Gasteiger partial charge in [-0.15, -0.1) is 0 Å². The molecular formula is C21H25N5O. The Kier molecular flexibility index (Phi) is 6.33. The molecule has 1 atom stereocenters. The number of pyridine rings is 1. The molecule has 2 aromatic rings. The van der Waals surface area contributed by atoms with Crippen LogP contribution in [0.5, 0.6) is 0 Å². The molecule has 2 heterocycles. The predicted molar refractivity (Wildman–Crippen MR) is 108 cm³/mol. The van der Waals surface area contributed by atoms with Crippen LogP contribution in [0.1, 0.15) is 22.5 Å². The standard InChI is InChI=1S/C21H25N5O/c1-25(2)13-8-14-26(21(27)17-9-4-3-5-10-17)20-16-23-19(15-24-20)18-11-6-7-12-22-18/h3-7,9-12,15-16,20,24H,8,13-14H2,1-2H3. The van der Waals surface area contributed by atoms with Gasteiger partial charge in [0.15, 0.2) is 0 Å². The zero-order chi connectivity index (χ0) is 19.1. The summed E-state index contributed by atoms with van der Waals surface area (Å²) in [5.41, 5.74) is 2.23. The third kappa shape index (κ3) is 5.01. The molecule has 0 saturated heterocycles. The fraction of sp³-hybridized carbons (Fsp3) is 0.286. The molecule has 1 aliphatic heterocycles. The Morgan fingerprint density at radius 2 is 1.85 bits per heavy atom. The molecule has 1 aliphatic rings. The lowest BCUT2D eigenvalue weighted by Crippen LogP contribution is -2.50. The number of benzene rings is 1. The molecule has 1 amide bonds. The summed E-state index contributed by atoms with van der Waals surface area (Å²) in [4.78, 5) is 25.8. The lowest BCUT2D eigenvalue weighted by Gasteiger charge is -2.31. The van der Waals surface area contributed by atoms with Gasteiger partial charge in [0.25, 0.3) is 5.91 Å². The summed E-state index contributed by atoms with van der Waals surface area (Å²) in [6, 6.07) is 15.1. The molecule has 0 spiro atoms. The molecule has 6 nitrogen and oxygen atoms in total. The number of carbonyl (C=O) groups is 1. The molecule has 1 N–H and O–H groups in total. The van der Waals surface area contributed by atoms with E-state index in [1.165, 1.54) is 0 Å². The monoisotopic (exact) mass is 363 g/mol. The second-order valence-corrected chi connectivity index (χ2v) is 6.66. The summed E-state index contributed by atoms with van der Waals surface area (Å²) in [5.74, 6) is -0.00649. The van der Waals surface area contributed by atoms with Crippen molar-refractivity contribution in [3.05, 3.63) is 72.2 Å². The number of amides is 1. The summed E-state index contributed by atoms with van der Waals surface area (Å²) in [6.07, 6.45) is 5.94. The van der Waals surface area contributed by atoms with Crippen molar-refractivity contribution >= 4 is 17.8 Å². The Balaban J connectivity index is 1.74. The molecule has 1 aromatic heterocycles. The fourth-order valence-corrected chi connectivity index (χ4v) is 2.89. The second-order valence-electron chi connectivity index (χ2n) is 6.66. The van der Waals surface area contributed by atoms with Crippen molar-refractivity contribution in [2.24, 2.45) is 4.99 Å². The number of rotatable bonds is 7. The normalized spacial score (nSPS) is 16.0. The molecule has 6 heteroatoms. The van der Waals surface area contributed by atoms with Crippen LogP contribution in [0.15, 0.2) is 65.9 Å². The molecular weight excluding hydrogens is 338 g/mol. The van der Waals surface area contributed by atoms with Crippen LogP contribution in [0, 0.1) is 0 Å². The molecule has 0 fully saturated rings. The maximum Gasteiger partial charge on any atom is 0.255 e. The molecule has 0 aliphatic carbocycles. The zero-order valence-corrected chi connectivity index (χ0v) is 15.7. The van der Waals surface area contributed by atoms with Gasteiger partial charge in [-0.2, -0.15) is 0 Å². The Hall–Kier alpha value is -2.99. The molecule has 27 heavy (non-hydrogen) atoms. The highest BCUT2D eigenvalue weighted by molar-refractivity contribution is 5.96. The van der Waals surface area contributed by atoms with E-state index in [9.17, 15) is 4.79 Å². The van der Waals surface area contributed by atoms with Gasteiger partial charge in [-0.05, 0) is 51.3 Å². The van der Waals surface area contributed by atoms with E-state index in [0.717, 1.165) is 24.4 Å². The van der Waals surface area contributed by atoms with Crippen LogP contribution in [0.25, 0.3) is 5.70 Å². The Labute approximate surface area is 160 Å². The first-order valence-electron chi connectivity index (χ1n) is 9.08. The van der Waals surface area contributed by atoms with E-state index in [0.29, 0.717) is 12.1 Å². The van der Waals surface area contributed by atoms with Gasteiger partial charge in [0.2, 0.25) is 0 Å². The first-order valence-corrected chi connectivity index (χ1v) is 9.08. The minimum absolute atomic E-state index is 0.00649. The van der Waals surface area contributed by atoms with E-state index in [-0.39, 0.29) is 12.1 Å². The lowest BCUT2D eigenvalue weighted by molar-refractivity contribution is 0.0708. The van der Waals surface area contributed by atoms with Crippen molar-refractivity contribution in [3.63, 3.8) is 0 Å². The van der Waals surface area contributed by atoms with Crippen LogP contribution in [0.4, 0.5) is 0 Å². The first-order chi connectivity index (χ1) is 13.1. The minimum Gasteiger partial charge on any atom is -0.365 e. The topological polar surface area (TPSA) is 60.8 Å². The molecule has 1 aromatic carbocycles. The van der Waals surface area contributed by atoms with E-state index in [4.69, 9.17) is 0 Å². The van der Waals surface area contributed by atoms with Crippen LogP contribution in [-0.4, -0.2) is 60.3 Å². The van der Waals surface area contributed by atoms with Gasteiger partial charge in [0, 0.05) is 30.7 Å². The highest BCUT2D eigenvalue weighted by atomic mass is 16.2. The van der Waals surface area contributed by atoms with Crippen LogP contribution >= 0.6 is 0 Å². The molecule has 1 unspecified atom stereocenters. The highest BCUT2D eigenvalue weighted by Crippen LogP contribution is 2.16. The molecule has 3 rings (SSSR count). The summed E-state index contributed by atoms with van der Waals surface area (Å²) in [7, 11) is 4.07. The first kappa shape index (κ1) is 18.8. The maximum absolute atomic E-state index is 13.0. The SMILES string of the molecule is CN(C)CCCN(C(=O)c1ccccc1)C1C=NC(c2ccccn2)=CN1. The van der Waals surface area contributed by atoms with E-state index >= 15 is 0 Å². The van der Waals surface area contributed by atoms with Gasteiger partial charge in [0.1, 0.15) is 11.9 Å². The Morgan fingerprint density at radius 3 is 2.48 bits per heavy atom. The molecule has 0 bridgehead atoms. The van der Waals surface area contributed by atoms with E-state index < -0.39 is 0 Å². The van der Waals surface area contributed by atoms with Crippen molar-refractivity contribution in [2.45, 2.75) is 12.6 Å². The van der Waals surface area contributed by atoms with Gasteiger partial charge >= 0.3 is 0 Å². The number of nitrogens with zero attached hydrogens (tertiary/aromatic N) is 4. The average Bonchev–Trinajstić information content (AvgIpc) is 2.72. The fourth-order valence-electron chi connectivity index (χ4n) is 2.89. The lowest BCUT2D eigenvalue weighted by atomic mass is 10.1. The molecule has 0 saturated carbocycles. The van der Waals surface area contributed by atoms with Gasteiger partial charge < -0.3 is 15.1 Å². The van der Waals surface area contributed by atoms with Crippen molar-refractivity contribution in [2.75, 3.05) is 27.2 Å². The number of aliphatic imine (C=N–C) groups is 1. The molecule has 140 valence electrons. The van der Waals surface area contributed by atoms with E-state index in [1.807, 2.05) is 73.7 Å². The smallest absolute Gasteiger partial charge is 0.255 e. The minimum atomic E-state index is -0.285. The third-order valence-corrected chi connectivity index (χ3v) is 4.29. The number of aromatic nitrogens is 1.